The third-order valence-electron chi connectivity index (χ3n) is 5.36. The van der Waals surface area contributed by atoms with E-state index in [-0.39, 0.29) is 18.8 Å². The molecular weight excluding hydrogens is 376 g/mol. The monoisotopic (exact) mass is 406 g/mol. The SMILES string of the molecule is CC1(C)O[C@@H]2[C@H](O1)[C@@H](CO)O[C@H]2n1cnc2c(NCCCCCCN)ncnc21. The average molecular weight is 406 g/mol. The summed E-state index contributed by atoms with van der Waals surface area (Å²) in [5.74, 6) is -0.0306. The second kappa shape index (κ2) is 8.49. The molecule has 4 rings (SSSR count). The summed E-state index contributed by atoms with van der Waals surface area (Å²) in [4.78, 5) is 13.3. The van der Waals surface area contributed by atoms with Crippen LogP contribution in [0.1, 0.15) is 45.8 Å². The summed E-state index contributed by atoms with van der Waals surface area (Å²) in [6.07, 6.45) is 5.92. The number of nitrogens with zero attached hydrogens (tertiary/aromatic N) is 4. The molecule has 10 nitrogen and oxygen atoms in total. The third-order valence-corrected chi connectivity index (χ3v) is 5.36. The molecule has 0 saturated carbocycles. The van der Waals surface area contributed by atoms with Crippen LogP contribution in [-0.4, -0.2) is 68.4 Å². The largest absolute Gasteiger partial charge is 0.394 e. The molecule has 160 valence electrons. The lowest BCUT2D eigenvalue weighted by molar-refractivity contribution is -0.199. The number of ether oxygens (including phenoxy) is 3. The summed E-state index contributed by atoms with van der Waals surface area (Å²) in [6, 6.07) is 0. The van der Waals surface area contributed by atoms with Gasteiger partial charge in [-0.3, -0.25) is 4.57 Å². The summed E-state index contributed by atoms with van der Waals surface area (Å²) >= 11 is 0. The molecule has 0 radical (unpaired) electrons. The number of nitrogens with one attached hydrogen (secondary N) is 1. The van der Waals surface area contributed by atoms with Crippen LogP contribution in [0.15, 0.2) is 12.7 Å². The van der Waals surface area contributed by atoms with Gasteiger partial charge in [0.15, 0.2) is 29.0 Å². The number of anilines is 1. The Hall–Kier alpha value is -1.85. The highest BCUT2D eigenvalue weighted by Gasteiger charge is 2.55. The smallest absolute Gasteiger partial charge is 0.167 e. The quantitative estimate of drug-likeness (QED) is 0.525. The van der Waals surface area contributed by atoms with Gasteiger partial charge >= 0.3 is 0 Å². The van der Waals surface area contributed by atoms with Gasteiger partial charge in [-0.25, -0.2) is 15.0 Å². The van der Waals surface area contributed by atoms with Crippen LogP contribution in [-0.2, 0) is 14.2 Å². The summed E-state index contributed by atoms with van der Waals surface area (Å²) in [5.41, 5.74) is 6.87. The Morgan fingerprint density at radius 3 is 2.72 bits per heavy atom. The minimum atomic E-state index is -0.729. The number of aliphatic hydroxyl groups is 1. The van der Waals surface area contributed by atoms with E-state index in [0.29, 0.717) is 17.0 Å². The van der Waals surface area contributed by atoms with Crippen molar-refractivity contribution < 1.29 is 19.3 Å². The van der Waals surface area contributed by atoms with E-state index in [0.717, 1.165) is 38.8 Å². The number of rotatable bonds is 9. The van der Waals surface area contributed by atoms with Gasteiger partial charge in [0.05, 0.1) is 12.9 Å². The Kier molecular flexibility index (Phi) is 5.98. The van der Waals surface area contributed by atoms with Gasteiger partial charge in [0, 0.05) is 6.54 Å². The molecule has 0 amide bonds. The van der Waals surface area contributed by atoms with Gasteiger partial charge in [-0.2, -0.15) is 0 Å². The minimum absolute atomic E-state index is 0.143. The topological polar surface area (TPSA) is 130 Å². The lowest BCUT2D eigenvalue weighted by Crippen LogP contribution is -2.31. The number of aliphatic hydroxyl groups excluding tert-OH is 1. The molecule has 2 aromatic heterocycles. The predicted molar refractivity (Wildman–Crippen MR) is 106 cm³/mol. The van der Waals surface area contributed by atoms with Gasteiger partial charge in [-0.05, 0) is 33.2 Å². The van der Waals surface area contributed by atoms with E-state index in [4.69, 9.17) is 19.9 Å². The third kappa shape index (κ3) is 4.08. The first-order valence-corrected chi connectivity index (χ1v) is 10.3. The first-order valence-electron chi connectivity index (χ1n) is 10.3. The fraction of sp³-hybridized carbons (Fsp3) is 0.737. The van der Waals surface area contributed by atoms with Gasteiger partial charge in [0.25, 0.3) is 0 Å². The van der Waals surface area contributed by atoms with Crippen LogP contribution >= 0.6 is 0 Å². The van der Waals surface area contributed by atoms with Crippen LogP contribution in [0.3, 0.4) is 0 Å². The molecule has 2 saturated heterocycles. The standard InChI is InChI=1S/C19H30N6O4/c1-19(2)28-14-12(9-26)27-18(15(14)29-19)25-11-24-13-16(22-10-23-17(13)25)21-8-6-4-3-5-7-20/h10-12,14-15,18,26H,3-9,20H2,1-2H3,(H,21,22,23)/t12-,14-,15-,18-/m1/s1. The number of fused-ring (bicyclic) bond motifs is 2. The molecular formula is C19H30N6O4. The maximum atomic E-state index is 9.70. The zero-order valence-electron chi connectivity index (χ0n) is 17.0. The van der Waals surface area contributed by atoms with Crippen molar-refractivity contribution in [3.05, 3.63) is 12.7 Å². The molecule has 29 heavy (non-hydrogen) atoms. The van der Waals surface area contributed by atoms with Crippen LogP contribution in [0, 0.1) is 0 Å². The molecule has 4 N–H and O–H groups in total. The summed E-state index contributed by atoms with van der Waals surface area (Å²) < 4.78 is 19.9. The molecule has 2 aromatic rings. The van der Waals surface area contributed by atoms with Gasteiger partial charge < -0.3 is 30.4 Å². The summed E-state index contributed by atoms with van der Waals surface area (Å²) in [7, 11) is 0. The van der Waals surface area contributed by atoms with Crippen molar-refractivity contribution in [1.29, 1.82) is 0 Å². The summed E-state index contributed by atoms with van der Waals surface area (Å²) in [5, 5.41) is 13.1. The number of aromatic nitrogens is 4. The van der Waals surface area contributed by atoms with E-state index in [1.807, 2.05) is 18.4 Å². The molecule has 0 aliphatic carbocycles. The van der Waals surface area contributed by atoms with Crippen LogP contribution in [0.4, 0.5) is 5.82 Å². The number of imidazole rings is 1. The lowest BCUT2D eigenvalue weighted by Gasteiger charge is -2.24. The van der Waals surface area contributed by atoms with Crippen molar-refractivity contribution in [3.8, 4) is 0 Å². The van der Waals surface area contributed by atoms with Crippen LogP contribution in [0.2, 0.25) is 0 Å². The molecule has 2 aliphatic heterocycles. The molecule has 0 aromatic carbocycles. The first-order chi connectivity index (χ1) is 14.0. The normalized spacial score (nSPS) is 28.1. The van der Waals surface area contributed by atoms with E-state index in [1.54, 1.807) is 6.33 Å². The Labute approximate surface area is 169 Å². The Balaban J connectivity index is 1.50. The molecule has 2 fully saturated rings. The van der Waals surface area contributed by atoms with Gasteiger partial charge in [0.1, 0.15) is 24.6 Å². The predicted octanol–water partition coefficient (Wildman–Crippen LogP) is 1.17. The van der Waals surface area contributed by atoms with Gasteiger partial charge in [-0.15, -0.1) is 0 Å². The second-order valence-corrected chi connectivity index (χ2v) is 7.99. The van der Waals surface area contributed by atoms with E-state index >= 15 is 0 Å². The number of hydrogen-bond donors (Lipinski definition) is 3. The summed E-state index contributed by atoms with van der Waals surface area (Å²) in [6.45, 7) is 5.13. The van der Waals surface area contributed by atoms with Crippen LogP contribution in [0.25, 0.3) is 11.2 Å². The molecule has 0 unspecified atom stereocenters. The van der Waals surface area contributed by atoms with E-state index < -0.39 is 18.1 Å². The highest BCUT2D eigenvalue weighted by atomic mass is 16.8. The van der Waals surface area contributed by atoms with Crippen LogP contribution in [0.5, 0.6) is 0 Å². The van der Waals surface area contributed by atoms with E-state index in [9.17, 15) is 5.11 Å². The highest BCUT2D eigenvalue weighted by molar-refractivity contribution is 5.82. The molecule has 4 atom stereocenters. The van der Waals surface area contributed by atoms with Crippen molar-refractivity contribution >= 4 is 17.0 Å². The minimum Gasteiger partial charge on any atom is -0.394 e. The lowest BCUT2D eigenvalue weighted by atomic mass is 10.1. The molecule has 0 bridgehead atoms. The number of nitrogens with two attached hydrogens (primary N) is 1. The fourth-order valence-electron chi connectivity index (χ4n) is 4.03. The zero-order chi connectivity index (χ0) is 20.4. The van der Waals surface area contributed by atoms with Crippen molar-refractivity contribution in [3.63, 3.8) is 0 Å². The number of unbranched alkanes of at least 4 members (excludes halogenated alkanes) is 3. The zero-order valence-corrected chi connectivity index (χ0v) is 17.0. The Morgan fingerprint density at radius 1 is 1.14 bits per heavy atom. The Bertz CT molecular complexity index is 828. The maximum absolute atomic E-state index is 9.70. The maximum Gasteiger partial charge on any atom is 0.167 e. The first kappa shape index (κ1) is 20.4. The molecule has 2 aliphatic rings. The Morgan fingerprint density at radius 2 is 1.93 bits per heavy atom. The van der Waals surface area contributed by atoms with Crippen molar-refractivity contribution in [1.82, 2.24) is 19.5 Å². The molecule has 4 heterocycles. The van der Waals surface area contributed by atoms with E-state index in [2.05, 4.69) is 20.3 Å². The van der Waals surface area contributed by atoms with Crippen LogP contribution < -0.4 is 11.1 Å². The van der Waals surface area contributed by atoms with Crippen molar-refractivity contribution in [2.24, 2.45) is 5.73 Å². The fourth-order valence-corrected chi connectivity index (χ4v) is 4.03. The molecule has 10 heteroatoms. The van der Waals surface area contributed by atoms with Crippen molar-refractivity contribution in [2.45, 2.75) is 69.9 Å². The van der Waals surface area contributed by atoms with Gasteiger partial charge in [-0.1, -0.05) is 12.8 Å². The van der Waals surface area contributed by atoms with Crippen molar-refractivity contribution in [2.75, 3.05) is 25.0 Å². The van der Waals surface area contributed by atoms with E-state index in [1.165, 1.54) is 6.33 Å². The average Bonchev–Trinajstić information content (AvgIpc) is 3.35. The molecule has 0 spiro atoms. The number of hydrogen-bond acceptors (Lipinski definition) is 9. The second-order valence-electron chi connectivity index (χ2n) is 7.99. The highest BCUT2D eigenvalue weighted by Crippen LogP contribution is 2.43. The van der Waals surface area contributed by atoms with Gasteiger partial charge in [0.2, 0.25) is 0 Å².